The van der Waals surface area contributed by atoms with E-state index in [1.807, 2.05) is 39.2 Å². The molecule has 3 rings (SSSR count). The SMILES string of the molecule is B=C(C)c1ccc(CN(C)C(=O)C(=C)/C=C(\C)Cc2cnc3ccc(C)cc3c2)cc1C. The van der Waals surface area contributed by atoms with E-state index in [9.17, 15) is 4.79 Å². The Balaban J connectivity index is 1.66. The fraction of sp³-hybridized carbons (Fsp3) is 0.250. The zero-order chi connectivity index (χ0) is 23.4. The van der Waals surface area contributed by atoms with Crippen molar-refractivity contribution in [2.45, 2.75) is 40.7 Å². The molecule has 162 valence electrons. The maximum absolute atomic E-state index is 12.9. The predicted molar refractivity (Wildman–Crippen MR) is 138 cm³/mol. The topological polar surface area (TPSA) is 33.2 Å². The van der Waals surface area contributed by atoms with E-state index in [0.29, 0.717) is 12.1 Å². The zero-order valence-electron chi connectivity index (χ0n) is 19.8. The van der Waals surface area contributed by atoms with Crippen LogP contribution < -0.4 is 0 Å². The van der Waals surface area contributed by atoms with E-state index in [2.05, 4.69) is 69.3 Å². The Morgan fingerprint density at radius 1 is 1.09 bits per heavy atom. The molecule has 0 fully saturated rings. The van der Waals surface area contributed by atoms with Gasteiger partial charge in [-0.15, -0.1) is 0 Å². The van der Waals surface area contributed by atoms with Crippen molar-refractivity contribution in [2.24, 2.45) is 0 Å². The summed E-state index contributed by atoms with van der Waals surface area (Å²) in [5, 5.41) is 1.14. The molecule has 0 bridgehead atoms. The number of hydrogen-bond acceptors (Lipinski definition) is 2. The van der Waals surface area contributed by atoms with E-state index in [0.717, 1.165) is 45.1 Å². The van der Waals surface area contributed by atoms with Gasteiger partial charge in [0.05, 0.1) is 5.52 Å². The Morgan fingerprint density at radius 2 is 1.84 bits per heavy atom. The molecule has 0 saturated heterocycles. The molecular weight excluding hydrogens is 391 g/mol. The molecule has 0 atom stereocenters. The fourth-order valence-corrected chi connectivity index (χ4v) is 4.02. The number of rotatable bonds is 7. The van der Waals surface area contributed by atoms with Crippen LogP contribution in [0.2, 0.25) is 0 Å². The van der Waals surface area contributed by atoms with Crippen molar-refractivity contribution in [3.8, 4) is 0 Å². The van der Waals surface area contributed by atoms with Gasteiger partial charge < -0.3 is 0 Å². The Labute approximate surface area is 192 Å². The van der Waals surface area contributed by atoms with Crippen LogP contribution in [-0.4, -0.2) is 35.8 Å². The molecule has 3 aromatic rings. The number of aryl methyl sites for hydroxylation is 2. The van der Waals surface area contributed by atoms with E-state index in [1.54, 1.807) is 4.90 Å². The molecule has 32 heavy (non-hydrogen) atoms. The Bertz CT molecular complexity index is 1240. The van der Waals surface area contributed by atoms with Gasteiger partial charge >= 0.3 is 128 Å². The zero-order valence-corrected chi connectivity index (χ0v) is 19.8. The summed E-state index contributed by atoms with van der Waals surface area (Å²) in [5.41, 5.74) is 9.37. The molecule has 0 unspecified atom stereocenters. The molecule has 0 spiro atoms. The Hall–Kier alpha value is -3.27. The Kier molecular flexibility index (Phi) is 7.24. The van der Waals surface area contributed by atoms with Crippen molar-refractivity contribution < 1.29 is 4.79 Å². The van der Waals surface area contributed by atoms with Crippen molar-refractivity contribution in [2.75, 3.05) is 7.05 Å². The number of hydrogen-bond donors (Lipinski definition) is 0. The van der Waals surface area contributed by atoms with Gasteiger partial charge in [-0.25, -0.2) is 0 Å². The second-order valence-corrected chi connectivity index (χ2v) is 8.82. The maximum atomic E-state index is 12.9. The van der Waals surface area contributed by atoms with Crippen LogP contribution in [-0.2, 0) is 17.8 Å². The first-order valence-corrected chi connectivity index (χ1v) is 10.9. The van der Waals surface area contributed by atoms with Crippen molar-refractivity contribution in [1.82, 2.24) is 9.88 Å². The molecule has 3 nitrogen and oxygen atoms in total. The molecule has 0 aliphatic rings. The summed E-state index contributed by atoms with van der Waals surface area (Å²) in [6, 6.07) is 14.7. The van der Waals surface area contributed by atoms with Crippen LogP contribution in [0.1, 0.15) is 41.7 Å². The summed E-state index contributed by atoms with van der Waals surface area (Å²) in [6.45, 7) is 12.7. The first kappa shape index (κ1) is 23.4. The van der Waals surface area contributed by atoms with Crippen LogP contribution in [0.3, 0.4) is 0 Å². The molecule has 4 heteroatoms. The van der Waals surface area contributed by atoms with Crippen LogP contribution in [0, 0.1) is 13.8 Å². The van der Waals surface area contributed by atoms with Gasteiger partial charge in [0, 0.05) is 11.6 Å². The first-order chi connectivity index (χ1) is 15.1. The van der Waals surface area contributed by atoms with Crippen LogP contribution >= 0.6 is 0 Å². The van der Waals surface area contributed by atoms with E-state index < -0.39 is 0 Å². The van der Waals surface area contributed by atoms with Gasteiger partial charge in [0.15, 0.2) is 0 Å². The summed E-state index contributed by atoms with van der Waals surface area (Å²) in [5.74, 6) is -0.0711. The number of carbonyl (C=O) groups excluding carboxylic acids is 1. The van der Waals surface area contributed by atoms with Crippen LogP contribution in [0.4, 0.5) is 0 Å². The molecule has 0 N–H and O–H groups in total. The number of aromatic nitrogens is 1. The van der Waals surface area contributed by atoms with E-state index >= 15 is 0 Å². The predicted octanol–water partition coefficient (Wildman–Crippen LogP) is 5.00. The quantitative estimate of drug-likeness (QED) is 0.305. The molecule has 0 aliphatic heterocycles. The van der Waals surface area contributed by atoms with E-state index in [4.69, 9.17) is 0 Å². The van der Waals surface area contributed by atoms with Crippen molar-refractivity contribution in [1.29, 1.82) is 0 Å². The Morgan fingerprint density at radius 3 is 2.53 bits per heavy atom. The van der Waals surface area contributed by atoms with Gasteiger partial charge in [0.1, 0.15) is 0 Å². The normalized spacial score (nSPS) is 11.4. The molecule has 0 aliphatic carbocycles. The van der Waals surface area contributed by atoms with Crippen molar-refractivity contribution in [3.05, 3.63) is 100 Å². The van der Waals surface area contributed by atoms with Gasteiger partial charge in [-0.2, -0.15) is 0 Å². The van der Waals surface area contributed by atoms with Crippen molar-refractivity contribution in [3.63, 3.8) is 0 Å². The second kappa shape index (κ2) is 9.91. The summed E-state index contributed by atoms with van der Waals surface area (Å²) >= 11 is 0. The van der Waals surface area contributed by atoms with Crippen LogP contribution in [0.15, 0.2) is 72.5 Å². The first-order valence-electron chi connectivity index (χ1n) is 10.9. The van der Waals surface area contributed by atoms with Gasteiger partial charge in [-0.3, -0.25) is 4.98 Å². The fourth-order valence-electron chi connectivity index (χ4n) is 4.02. The van der Waals surface area contributed by atoms with Crippen LogP contribution in [0.5, 0.6) is 0 Å². The number of pyridine rings is 1. The summed E-state index contributed by atoms with van der Waals surface area (Å²) in [4.78, 5) is 19.1. The minimum absolute atomic E-state index is 0.0711. The number of carbonyl (C=O) groups is 1. The van der Waals surface area contributed by atoms with Gasteiger partial charge in [0.2, 0.25) is 0 Å². The number of nitrogens with zero attached hydrogens (tertiary/aromatic N) is 2. The molecule has 1 heterocycles. The number of allylic oxidation sites excluding steroid dienone is 1. The monoisotopic (exact) mass is 422 g/mol. The number of fused-ring (bicyclic) bond motifs is 1. The molecule has 0 saturated carbocycles. The van der Waals surface area contributed by atoms with Gasteiger partial charge in [-0.1, -0.05) is 11.6 Å². The summed E-state index contributed by atoms with van der Waals surface area (Å²) in [7, 11) is 5.83. The van der Waals surface area contributed by atoms with Gasteiger partial charge in [0.25, 0.3) is 0 Å². The third kappa shape index (κ3) is 5.70. The molecular formula is C28H31BN2O. The second-order valence-electron chi connectivity index (χ2n) is 8.82. The minimum atomic E-state index is -0.0711. The third-order valence-corrected chi connectivity index (χ3v) is 5.59. The molecule has 2 aromatic carbocycles. The van der Waals surface area contributed by atoms with Crippen molar-refractivity contribution >= 4 is 29.8 Å². The summed E-state index contributed by atoms with van der Waals surface area (Å²) in [6.07, 6.45) is 4.52. The summed E-state index contributed by atoms with van der Waals surface area (Å²) < 4.78 is 0. The average molecular weight is 422 g/mol. The molecule has 0 radical (unpaired) electrons. The van der Waals surface area contributed by atoms with Crippen LogP contribution in [0.25, 0.3) is 10.9 Å². The average Bonchev–Trinajstić information content (AvgIpc) is 2.72. The third-order valence-electron chi connectivity index (χ3n) is 5.59. The molecule has 1 aromatic heterocycles. The molecule has 1 amide bonds. The standard InChI is InChI=1S/C28H31BN2O/c1-18-7-10-27-25(13-18)15-24(16-30-27)12-19(2)11-21(4)28(32)31(6)17-23-8-9-26(22(5)29)20(3)14-23/h7-11,13-16,29H,4,12,17H2,1-3,5-6H3/b19-11+. The number of benzene rings is 2. The number of amides is 1. The van der Waals surface area contributed by atoms with Gasteiger partial charge in [-0.05, 0) is 30.7 Å². The van der Waals surface area contributed by atoms with E-state index in [1.165, 1.54) is 11.1 Å². The number of likely N-dealkylation sites (N-methyl/N-ethyl adjacent to an activating group) is 1. The van der Waals surface area contributed by atoms with E-state index in [-0.39, 0.29) is 5.91 Å².